The summed E-state index contributed by atoms with van der Waals surface area (Å²) in [6.45, 7) is 0.994. The van der Waals surface area contributed by atoms with Gasteiger partial charge in [-0.1, -0.05) is 18.2 Å². The molecule has 5 rings (SSSR count). The molecule has 1 saturated carbocycles. The van der Waals surface area contributed by atoms with Crippen LogP contribution in [0.15, 0.2) is 54.7 Å². The molecule has 36 heavy (non-hydrogen) atoms. The molecule has 0 spiro atoms. The number of benzene rings is 2. The minimum atomic E-state index is -0.270. The van der Waals surface area contributed by atoms with Crippen molar-refractivity contribution in [3.63, 3.8) is 0 Å². The summed E-state index contributed by atoms with van der Waals surface area (Å²) in [4.78, 5) is 29.2. The fourth-order valence-corrected chi connectivity index (χ4v) is 5.89. The summed E-state index contributed by atoms with van der Waals surface area (Å²) in [5.74, 6) is 0.427. The lowest BCUT2D eigenvalue weighted by atomic mass is 9.83. The van der Waals surface area contributed by atoms with Crippen molar-refractivity contribution < 1.29 is 14.3 Å². The van der Waals surface area contributed by atoms with Crippen LogP contribution in [0.25, 0.3) is 10.9 Å². The van der Waals surface area contributed by atoms with Crippen molar-refractivity contribution in [2.24, 2.45) is 5.92 Å². The number of methoxy groups -OCH3 is 1. The van der Waals surface area contributed by atoms with E-state index in [-0.39, 0.29) is 17.9 Å². The zero-order valence-corrected chi connectivity index (χ0v) is 21.0. The zero-order valence-electron chi connectivity index (χ0n) is 21.0. The van der Waals surface area contributed by atoms with E-state index in [2.05, 4.69) is 21.7 Å². The van der Waals surface area contributed by atoms with Crippen LogP contribution in [0.3, 0.4) is 0 Å². The van der Waals surface area contributed by atoms with Crippen molar-refractivity contribution in [2.75, 3.05) is 13.7 Å². The average Bonchev–Trinajstić information content (AvgIpc) is 2.93. The van der Waals surface area contributed by atoms with Crippen LogP contribution in [0, 0.1) is 5.92 Å². The lowest BCUT2D eigenvalue weighted by Gasteiger charge is -2.31. The van der Waals surface area contributed by atoms with Crippen molar-refractivity contribution in [1.82, 2.24) is 15.6 Å². The number of nitrogens with zero attached hydrogens (tertiary/aromatic N) is 1. The molecule has 6 heteroatoms. The fourth-order valence-electron chi connectivity index (χ4n) is 5.89. The summed E-state index contributed by atoms with van der Waals surface area (Å²) < 4.78 is 4.87. The molecule has 0 saturated heterocycles. The minimum Gasteiger partial charge on any atom is -0.465 e. The van der Waals surface area contributed by atoms with Gasteiger partial charge in [0.15, 0.2) is 0 Å². The van der Waals surface area contributed by atoms with Crippen LogP contribution in [0.2, 0.25) is 0 Å². The van der Waals surface area contributed by atoms with Gasteiger partial charge in [-0.25, -0.2) is 4.79 Å². The first-order valence-electron chi connectivity index (χ1n) is 13.2. The summed E-state index contributed by atoms with van der Waals surface area (Å²) in [6.07, 6.45) is 10.5. The van der Waals surface area contributed by atoms with Crippen molar-refractivity contribution in [1.29, 1.82) is 0 Å². The molecule has 0 bridgehead atoms. The fraction of sp³-hybridized carbons (Fsp3) is 0.433. The minimum absolute atomic E-state index is 0.00466. The summed E-state index contributed by atoms with van der Waals surface area (Å²) in [6, 6.07) is 16.1. The van der Waals surface area contributed by atoms with E-state index in [0.29, 0.717) is 23.1 Å². The van der Waals surface area contributed by atoms with Crippen LogP contribution >= 0.6 is 0 Å². The van der Waals surface area contributed by atoms with Crippen LogP contribution in [0.5, 0.6) is 0 Å². The molecular formula is C30H35N3O3. The van der Waals surface area contributed by atoms with Crippen LogP contribution in [-0.4, -0.2) is 36.6 Å². The largest absolute Gasteiger partial charge is 0.465 e. The number of aromatic nitrogens is 1. The molecule has 2 aliphatic carbocycles. The molecule has 1 heterocycles. The average molecular weight is 486 g/mol. The number of esters is 1. The Bertz CT molecular complexity index is 1230. The van der Waals surface area contributed by atoms with Gasteiger partial charge in [0.2, 0.25) is 0 Å². The third-order valence-corrected chi connectivity index (χ3v) is 7.89. The van der Waals surface area contributed by atoms with Crippen LogP contribution < -0.4 is 10.6 Å². The standard InChI is InChI=1S/C30H35N3O3/c1-36-30(35)22-12-15-24-21(19-22)5-2-8-27(24)32-18-16-20-10-13-23(14-11-20)33-29(34)26-6-3-9-28-25(26)7-4-17-31-28/h3-4,6-7,9,12,15,17,19-20,23,27,32H,2,5,8,10-11,13-14,16,18H2,1H3,(H,33,34)/t20?,23?,27-/m0/s1. The number of rotatable bonds is 7. The van der Waals surface area contributed by atoms with Gasteiger partial charge >= 0.3 is 5.97 Å². The predicted molar refractivity (Wildman–Crippen MR) is 141 cm³/mol. The molecular weight excluding hydrogens is 450 g/mol. The van der Waals surface area contributed by atoms with E-state index in [1.165, 1.54) is 18.2 Å². The van der Waals surface area contributed by atoms with Gasteiger partial charge < -0.3 is 15.4 Å². The van der Waals surface area contributed by atoms with Crippen LogP contribution in [-0.2, 0) is 11.2 Å². The van der Waals surface area contributed by atoms with E-state index in [0.717, 1.165) is 68.8 Å². The third kappa shape index (κ3) is 5.44. The molecule has 6 nitrogen and oxygen atoms in total. The van der Waals surface area contributed by atoms with Crippen LogP contribution in [0.1, 0.15) is 82.8 Å². The number of carbonyl (C=O) groups excluding carboxylic acids is 2. The van der Waals surface area contributed by atoms with Gasteiger partial charge in [-0.05, 0) is 105 Å². The first-order chi connectivity index (χ1) is 17.6. The summed E-state index contributed by atoms with van der Waals surface area (Å²) in [7, 11) is 1.43. The van der Waals surface area contributed by atoms with Gasteiger partial charge in [0.05, 0.1) is 18.2 Å². The summed E-state index contributed by atoms with van der Waals surface area (Å²) >= 11 is 0. The molecule has 2 N–H and O–H groups in total. The van der Waals surface area contributed by atoms with Crippen molar-refractivity contribution in [3.05, 3.63) is 77.0 Å². The Morgan fingerprint density at radius 1 is 1.03 bits per heavy atom. The Balaban J connectivity index is 1.09. The number of hydrogen-bond donors (Lipinski definition) is 2. The lowest BCUT2D eigenvalue weighted by molar-refractivity contribution is 0.0600. The molecule has 0 aliphatic heterocycles. The number of fused-ring (bicyclic) bond motifs is 2. The van der Waals surface area contributed by atoms with Crippen molar-refractivity contribution in [3.8, 4) is 0 Å². The summed E-state index contributed by atoms with van der Waals surface area (Å²) in [5, 5.41) is 7.95. The number of nitrogens with one attached hydrogen (secondary N) is 2. The normalized spacial score (nSPS) is 21.5. The van der Waals surface area contributed by atoms with Gasteiger partial charge in [-0.2, -0.15) is 0 Å². The highest BCUT2D eigenvalue weighted by Gasteiger charge is 2.25. The van der Waals surface area contributed by atoms with E-state index in [1.54, 1.807) is 6.20 Å². The van der Waals surface area contributed by atoms with Gasteiger partial charge in [0, 0.05) is 29.2 Å². The monoisotopic (exact) mass is 485 g/mol. The molecule has 2 aromatic carbocycles. The number of amides is 1. The van der Waals surface area contributed by atoms with E-state index in [9.17, 15) is 9.59 Å². The second-order valence-corrected chi connectivity index (χ2v) is 10.2. The van der Waals surface area contributed by atoms with Gasteiger partial charge in [-0.3, -0.25) is 9.78 Å². The Morgan fingerprint density at radius 3 is 2.72 bits per heavy atom. The molecule has 2 aliphatic rings. The molecule has 3 aromatic rings. The summed E-state index contributed by atoms with van der Waals surface area (Å²) in [5.41, 5.74) is 4.78. The topological polar surface area (TPSA) is 80.3 Å². The first kappa shape index (κ1) is 24.4. The zero-order chi connectivity index (χ0) is 24.9. The predicted octanol–water partition coefficient (Wildman–Crippen LogP) is 5.37. The SMILES string of the molecule is COC(=O)c1ccc2c(c1)CCC[C@@H]2NCCC1CCC(NC(=O)c2cccc3ncccc23)CC1. The molecule has 0 radical (unpaired) electrons. The highest BCUT2D eigenvalue weighted by atomic mass is 16.5. The quantitative estimate of drug-likeness (QED) is 0.440. The van der Waals surface area contributed by atoms with Crippen LogP contribution in [0.4, 0.5) is 0 Å². The number of pyridine rings is 1. The van der Waals surface area contributed by atoms with Crippen molar-refractivity contribution in [2.45, 2.75) is 63.5 Å². The van der Waals surface area contributed by atoms with Gasteiger partial charge in [0.1, 0.15) is 0 Å². The Labute approximate surface area is 212 Å². The third-order valence-electron chi connectivity index (χ3n) is 7.89. The van der Waals surface area contributed by atoms with E-state index in [4.69, 9.17) is 4.74 Å². The highest BCUT2D eigenvalue weighted by molar-refractivity contribution is 6.06. The number of hydrogen-bond acceptors (Lipinski definition) is 5. The molecule has 1 fully saturated rings. The second kappa shape index (κ2) is 11.2. The first-order valence-corrected chi connectivity index (χ1v) is 13.2. The van der Waals surface area contributed by atoms with E-state index in [1.807, 2.05) is 42.5 Å². The Hall–Kier alpha value is -3.25. The van der Waals surface area contributed by atoms with Gasteiger partial charge in [-0.15, -0.1) is 0 Å². The molecule has 1 aromatic heterocycles. The number of ether oxygens (including phenoxy) is 1. The molecule has 1 amide bonds. The lowest BCUT2D eigenvalue weighted by Crippen LogP contribution is -2.38. The van der Waals surface area contributed by atoms with E-state index >= 15 is 0 Å². The second-order valence-electron chi connectivity index (χ2n) is 10.2. The smallest absolute Gasteiger partial charge is 0.337 e. The highest BCUT2D eigenvalue weighted by Crippen LogP contribution is 2.32. The Kier molecular flexibility index (Phi) is 7.61. The Morgan fingerprint density at radius 2 is 1.89 bits per heavy atom. The van der Waals surface area contributed by atoms with Gasteiger partial charge in [0.25, 0.3) is 5.91 Å². The van der Waals surface area contributed by atoms with Crippen molar-refractivity contribution >= 4 is 22.8 Å². The molecule has 188 valence electrons. The van der Waals surface area contributed by atoms with E-state index < -0.39 is 0 Å². The maximum Gasteiger partial charge on any atom is 0.337 e. The number of carbonyl (C=O) groups is 2. The molecule has 1 atom stereocenters. The molecule has 0 unspecified atom stereocenters. The maximum atomic E-state index is 13.0. The maximum absolute atomic E-state index is 13.0. The number of aryl methyl sites for hydroxylation is 1.